The summed E-state index contributed by atoms with van der Waals surface area (Å²) in [5.74, 6) is -0.447. The lowest BCUT2D eigenvalue weighted by Crippen LogP contribution is -2.26. The maximum absolute atomic E-state index is 11.9. The Kier molecular flexibility index (Phi) is 3.91. The minimum Gasteiger partial charge on any atom is -0.460 e. The van der Waals surface area contributed by atoms with Crippen LogP contribution in [-0.2, 0) is 9.53 Å². The summed E-state index contributed by atoms with van der Waals surface area (Å²) in [7, 11) is 0. The van der Waals surface area contributed by atoms with Crippen LogP contribution in [0.1, 0.15) is 50.6 Å². The second-order valence-electron chi connectivity index (χ2n) is 5.44. The number of ether oxygens (including phenoxy) is 1. The Morgan fingerprint density at radius 1 is 1.24 bits per heavy atom. The molecule has 0 aliphatic carbocycles. The van der Waals surface area contributed by atoms with Crippen LogP contribution >= 0.6 is 0 Å². The molecule has 0 radical (unpaired) electrons. The third kappa shape index (κ3) is 4.17. The molecule has 0 aliphatic rings. The normalized spacial score (nSPS) is 13.3. The zero-order valence-corrected chi connectivity index (χ0v) is 11.5. The SMILES string of the molecule is Cc1cc(C(C)C(=O)OC(C)(C)C)cc(C)n1. The van der Waals surface area contributed by atoms with Crippen LogP contribution in [0.5, 0.6) is 0 Å². The standard InChI is InChI=1S/C14H21NO2/c1-9-7-12(8-10(2)15-9)11(3)13(16)17-14(4,5)6/h7-8,11H,1-6H3. The molecule has 0 fully saturated rings. The number of rotatable bonds is 2. The Balaban J connectivity index is 2.89. The summed E-state index contributed by atoms with van der Waals surface area (Å²) in [6, 6.07) is 3.86. The molecular weight excluding hydrogens is 214 g/mol. The van der Waals surface area contributed by atoms with E-state index in [1.165, 1.54) is 0 Å². The van der Waals surface area contributed by atoms with Crippen molar-refractivity contribution < 1.29 is 9.53 Å². The lowest BCUT2D eigenvalue weighted by atomic mass is 10.0. The third-order valence-electron chi connectivity index (χ3n) is 2.36. The molecule has 1 heterocycles. The van der Waals surface area contributed by atoms with Crippen LogP contribution in [0.25, 0.3) is 0 Å². The van der Waals surface area contributed by atoms with Gasteiger partial charge in [0.25, 0.3) is 0 Å². The van der Waals surface area contributed by atoms with Crippen molar-refractivity contribution in [2.45, 2.75) is 53.1 Å². The molecule has 1 rings (SSSR count). The van der Waals surface area contributed by atoms with Crippen molar-refractivity contribution in [2.75, 3.05) is 0 Å². The van der Waals surface area contributed by atoms with Gasteiger partial charge in [0.15, 0.2) is 0 Å². The number of pyridine rings is 1. The average molecular weight is 235 g/mol. The van der Waals surface area contributed by atoms with Gasteiger partial charge in [0.1, 0.15) is 5.60 Å². The molecule has 1 atom stereocenters. The number of hydrogen-bond donors (Lipinski definition) is 0. The summed E-state index contributed by atoms with van der Waals surface area (Å²) in [4.78, 5) is 16.2. The first kappa shape index (κ1) is 13.7. The second-order valence-corrected chi connectivity index (χ2v) is 5.44. The molecular formula is C14H21NO2. The topological polar surface area (TPSA) is 39.2 Å². The van der Waals surface area contributed by atoms with Crippen LogP contribution in [0.3, 0.4) is 0 Å². The van der Waals surface area contributed by atoms with E-state index < -0.39 is 5.60 Å². The number of esters is 1. The van der Waals surface area contributed by atoms with Crippen molar-refractivity contribution in [1.29, 1.82) is 0 Å². The predicted octanol–water partition coefficient (Wildman–Crippen LogP) is 3.14. The Labute approximate surface area is 103 Å². The molecule has 0 N–H and O–H groups in total. The largest absolute Gasteiger partial charge is 0.460 e. The van der Waals surface area contributed by atoms with E-state index in [1.54, 1.807) is 0 Å². The molecule has 3 heteroatoms. The van der Waals surface area contributed by atoms with Crippen LogP contribution in [0, 0.1) is 13.8 Å². The smallest absolute Gasteiger partial charge is 0.313 e. The predicted molar refractivity (Wildman–Crippen MR) is 68.0 cm³/mol. The van der Waals surface area contributed by atoms with Gasteiger partial charge in [0.2, 0.25) is 0 Å². The summed E-state index contributed by atoms with van der Waals surface area (Å²) in [5.41, 5.74) is 2.37. The first-order valence-corrected chi connectivity index (χ1v) is 5.87. The fourth-order valence-electron chi connectivity index (χ4n) is 1.64. The van der Waals surface area contributed by atoms with Gasteiger partial charge in [-0.3, -0.25) is 9.78 Å². The highest BCUT2D eigenvalue weighted by Crippen LogP contribution is 2.21. The van der Waals surface area contributed by atoms with Gasteiger partial charge in [-0.2, -0.15) is 0 Å². The van der Waals surface area contributed by atoms with Gasteiger partial charge < -0.3 is 4.74 Å². The number of carbonyl (C=O) groups excluding carboxylic acids is 1. The van der Waals surface area contributed by atoms with E-state index in [9.17, 15) is 4.79 Å². The van der Waals surface area contributed by atoms with E-state index in [-0.39, 0.29) is 11.9 Å². The molecule has 0 aromatic carbocycles. The summed E-state index contributed by atoms with van der Waals surface area (Å²) >= 11 is 0. The van der Waals surface area contributed by atoms with Crippen LogP contribution in [0.2, 0.25) is 0 Å². The number of hydrogen-bond acceptors (Lipinski definition) is 3. The molecule has 3 nitrogen and oxygen atoms in total. The molecule has 0 saturated heterocycles. The molecule has 1 unspecified atom stereocenters. The maximum Gasteiger partial charge on any atom is 0.313 e. The molecule has 0 bridgehead atoms. The van der Waals surface area contributed by atoms with Gasteiger partial charge >= 0.3 is 5.97 Å². The highest BCUT2D eigenvalue weighted by atomic mass is 16.6. The molecule has 0 amide bonds. The van der Waals surface area contributed by atoms with Crippen molar-refractivity contribution in [3.8, 4) is 0 Å². The summed E-state index contributed by atoms with van der Waals surface area (Å²) in [6.45, 7) is 11.3. The minimum atomic E-state index is -0.442. The van der Waals surface area contributed by atoms with Crippen molar-refractivity contribution in [1.82, 2.24) is 4.98 Å². The number of aromatic nitrogens is 1. The molecule has 1 aromatic heterocycles. The van der Waals surface area contributed by atoms with Gasteiger partial charge in [-0.25, -0.2) is 0 Å². The van der Waals surface area contributed by atoms with Crippen LogP contribution < -0.4 is 0 Å². The van der Waals surface area contributed by atoms with Gasteiger partial charge in [-0.05, 0) is 59.2 Å². The van der Waals surface area contributed by atoms with Crippen LogP contribution in [-0.4, -0.2) is 16.6 Å². The van der Waals surface area contributed by atoms with Crippen molar-refractivity contribution in [2.24, 2.45) is 0 Å². The van der Waals surface area contributed by atoms with Crippen LogP contribution in [0.4, 0.5) is 0 Å². The first-order chi connectivity index (χ1) is 7.69. The van der Waals surface area contributed by atoms with E-state index in [0.717, 1.165) is 17.0 Å². The van der Waals surface area contributed by atoms with E-state index in [4.69, 9.17) is 4.74 Å². The van der Waals surface area contributed by atoms with Crippen molar-refractivity contribution >= 4 is 5.97 Å². The maximum atomic E-state index is 11.9. The Morgan fingerprint density at radius 2 is 1.71 bits per heavy atom. The molecule has 0 saturated carbocycles. The highest BCUT2D eigenvalue weighted by molar-refractivity contribution is 5.78. The highest BCUT2D eigenvalue weighted by Gasteiger charge is 2.23. The lowest BCUT2D eigenvalue weighted by Gasteiger charge is -2.22. The summed E-state index contributed by atoms with van der Waals surface area (Å²) in [5, 5.41) is 0. The lowest BCUT2D eigenvalue weighted by molar-refractivity contribution is -0.156. The molecule has 1 aromatic rings. The third-order valence-corrected chi connectivity index (χ3v) is 2.36. The monoisotopic (exact) mass is 235 g/mol. The molecule has 94 valence electrons. The van der Waals surface area contributed by atoms with E-state index in [1.807, 2.05) is 53.7 Å². The quantitative estimate of drug-likeness (QED) is 0.739. The average Bonchev–Trinajstić information content (AvgIpc) is 2.12. The fraction of sp³-hybridized carbons (Fsp3) is 0.571. The van der Waals surface area contributed by atoms with Crippen LogP contribution in [0.15, 0.2) is 12.1 Å². The van der Waals surface area contributed by atoms with E-state index in [2.05, 4.69) is 4.98 Å². The van der Waals surface area contributed by atoms with Gasteiger partial charge in [0, 0.05) is 11.4 Å². The van der Waals surface area contributed by atoms with E-state index in [0.29, 0.717) is 0 Å². The summed E-state index contributed by atoms with van der Waals surface area (Å²) in [6.07, 6.45) is 0. The van der Waals surface area contributed by atoms with Gasteiger partial charge in [0.05, 0.1) is 5.92 Å². The number of nitrogens with zero attached hydrogens (tertiary/aromatic N) is 1. The second kappa shape index (κ2) is 4.86. The minimum absolute atomic E-state index is 0.192. The molecule has 0 spiro atoms. The Hall–Kier alpha value is -1.38. The first-order valence-electron chi connectivity index (χ1n) is 5.87. The molecule has 0 aliphatic heterocycles. The zero-order chi connectivity index (χ0) is 13.2. The van der Waals surface area contributed by atoms with Gasteiger partial charge in [-0.15, -0.1) is 0 Å². The van der Waals surface area contributed by atoms with Crippen molar-refractivity contribution in [3.63, 3.8) is 0 Å². The number of carbonyl (C=O) groups is 1. The van der Waals surface area contributed by atoms with Crippen molar-refractivity contribution in [3.05, 3.63) is 29.1 Å². The fourth-order valence-corrected chi connectivity index (χ4v) is 1.64. The van der Waals surface area contributed by atoms with E-state index >= 15 is 0 Å². The zero-order valence-electron chi connectivity index (χ0n) is 11.5. The molecule has 17 heavy (non-hydrogen) atoms. The Morgan fingerprint density at radius 3 is 2.12 bits per heavy atom. The Bertz CT molecular complexity index is 398. The number of aryl methyl sites for hydroxylation is 2. The summed E-state index contributed by atoms with van der Waals surface area (Å²) < 4.78 is 5.37. The van der Waals surface area contributed by atoms with Gasteiger partial charge in [-0.1, -0.05) is 0 Å².